The van der Waals surface area contributed by atoms with Crippen molar-refractivity contribution >= 4 is 23.6 Å². The molecule has 0 amide bonds. The Morgan fingerprint density at radius 1 is 0.534 bits per heavy atom. The molecule has 1 unspecified atom stereocenters. The number of piperidine rings is 1. The number of aromatic nitrogens is 14. The average molecular weight is 1630 g/mol. The maximum absolute atomic E-state index is 12.5. The lowest BCUT2D eigenvalue weighted by atomic mass is 10.1. The van der Waals surface area contributed by atoms with E-state index in [-0.39, 0.29) is 5.82 Å². The third-order valence-corrected chi connectivity index (χ3v) is 16.9. The number of ether oxygens (including phenoxy) is 2. The highest BCUT2D eigenvalue weighted by Gasteiger charge is 2.22. The zero-order valence-corrected chi connectivity index (χ0v) is 75.0. The van der Waals surface area contributed by atoms with Crippen molar-refractivity contribution in [1.29, 1.82) is 10.8 Å². The fraction of sp³-hybridized carbons (Fsp3) is 0.461. The molecule has 12 rings (SSSR count). The number of hydrogen-bond donors (Lipinski definition) is 7. The Bertz CT molecular complexity index is 4180. The molecular formula is C89H139FN24O4+2. The Kier molecular flexibility index (Phi) is 54.7. The van der Waals surface area contributed by atoms with Crippen molar-refractivity contribution in [3.63, 3.8) is 0 Å². The normalized spacial score (nSPS) is 12.2. The number of aryl methyl sites for hydroxylation is 13. The van der Waals surface area contributed by atoms with Crippen LogP contribution < -0.4 is 26.2 Å². The van der Waals surface area contributed by atoms with E-state index in [0.29, 0.717) is 36.4 Å². The summed E-state index contributed by atoms with van der Waals surface area (Å²) in [6.45, 7) is 39.4. The summed E-state index contributed by atoms with van der Waals surface area (Å²) in [5, 5.41) is 36.2. The van der Waals surface area contributed by atoms with Gasteiger partial charge in [0.1, 0.15) is 23.8 Å². The van der Waals surface area contributed by atoms with Gasteiger partial charge in [-0.15, -0.1) is 0 Å². The van der Waals surface area contributed by atoms with E-state index in [4.69, 9.17) is 37.0 Å². The first kappa shape index (κ1) is 105. The second kappa shape index (κ2) is 61.4. The Balaban J connectivity index is 0.000000645. The Morgan fingerprint density at radius 3 is 1.47 bits per heavy atom. The third kappa shape index (κ3) is 51.2. The van der Waals surface area contributed by atoms with Gasteiger partial charge in [0.2, 0.25) is 36.2 Å². The van der Waals surface area contributed by atoms with Crippen LogP contribution in [0.5, 0.6) is 0 Å². The number of benzene rings is 1. The van der Waals surface area contributed by atoms with Crippen molar-refractivity contribution in [2.75, 3.05) is 100 Å². The van der Waals surface area contributed by atoms with Gasteiger partial charge in [0.25, 0.3) is 0 Å². The van der Waals surface area contributed by atoms with Crippen LogP contribution in [0.15, 0.2) is 159 Å². The number of anilines is 2. The van der Waals surface area contributed by atoms with Crippen LogP contribution in [-0.4, -0.2) is 208 Å². The fourth-order valence-corrected chi connectivity index (χ4v) is 10.5. The molecule has 0 aliphatic carbocycles. The molecule has 0 saturated carbocycles. The highest BCUT2D eigenvalue weighted by molar-refractivity contribution is 5.76. The monoisotopic (exact) mass is 1630 g/mol. The minimum absolute atomic E-state index is 0.137. The van der Waals surface area contributed by atoms with E-state index in [1.165, 1.54) is 40.2 Å². The van der Waals surface area contributed by atoms with E-state index in [2.05, 4.69) is 107 Å². The van der Waals surface area contributed by atoms with Crippen molar-refractivity contribution in [3.05, 3.63) is 261 Å². The number of methoxy groups -OCH3 is 2. The van der Waals surface area contributed by atoms with Gasteiger partial charge in [-0.05, 0) is 271 Å². The first-order chi connectivity index (χ1) is 56.0. The van der Waals surface area contributed by atoms with Gasteiger partial charge in [0.05, 0.1) is 48.4 Å². The summed E-state index contributed by atoms with van der Waals surface area (Å²) >= 11 is 0. The number of pyridine rings is 4. The number of amidine groups is 2. The summed E-state index contributed by atoms with van der Waals surface area (Å²) in [7, 11) is 15.5. The zero-order valence-electron chi connectivity index (χ0n) is 75.0. The van der Waals surface area contributed by atoms with Gasteiger partial charge >= 0.3 is 0 Å². The second-order valence-corrected chi connectivity index (χ2v) is 28.8. The molecule has 9 N–H and O–H groups in total. The molecule has 11 heterocycles. The molecule has 1 atom stereocenters. The van der Waals surface area contributed by atoms with Crippen molar-refractivity contribution < 1.29 is 33.7 Å². The van der Waals surface area contributed by atoms with E-state index >= 15 is 0 Å². The standard InChI is InChI=1S/C9H11F.C9H15N2O.C9H14N2.2C8H13N3.C8H16N2O.C8H12NO.C7H14N2O.C7H10N2.C6H8N2.C5H7N3.C5H6N2/c1-3-8-6-9(10)5-4-7(8)2;1-8-4-5-11(12)9(6-8)7-10(2)3;1-8-4-5-10-9(6-8)7-11(2)3;1-7-4-5-9-8(10-7)6-11(2)3;1-3-5-9-8-10-6-4-7(2)11-8;1-7(9)10-5-3-8(11-2)4-6-10;1-3-8-6-9(10)5-4-7(8)2;1-6(8)9-4-3-7(5-9)10-2;1-6-2-3-9-7(4-6)5-8;1-5-3-4-7-6(2)8-5;1-4-2-3-7-5(6)8-4;1-5-2-3-6-4-7-5/h4-6H,3H2,1-2H3;4-6,12H,7H2,1-3H3;4-6H,7H2,1-3H3;4-5H,6H2,1-3H3;4,6H,3,5H2,1-2H3,(H,9,10,11);8-9H,3-6H2,1-2H3;4-6,10H,3H2,1-2H3;7-8H,3-5H2,1-2H3;2-4H,5,8H2,1H3;3-4H,1-2H3;2-3H,1H3,(H2,6,7,8);2-4H,1H3/q;+1;;;;;+1;;;;;. The van der Waals surface area contributed by atoms with E-state index in [1.807, 2.05) is 215 Å². The first-order valence-electron chi connectivity index (χ1n) is 39.7. The Morgan fingerprint density at radius 2 is 1.04 bits per heavy atom. The molecule has 2 fully saturated rings. The molecule has 0 spiro atoms. The van der Waals surface area contributed by atoms with Crippen LogP contribution in [0.25, 0.3) is 0 Å². The van der Waals surface area contributed by atoms with Crippen LogP contribution in [0.2, 0.25) is 0 Å². The van der Waals surface area contributed by atoms with E-state index in [0.717, 1.165) is 175 Å². The summed E-state index contributed by atoms with van der Waals surface area (Å²) in [6.07, 6.45) is 25.8. The lowest BCUT2D eigenvalue weighted by molar-refractivity contribution is -0.910. The topological polar surface area (TPSA) is 349 Å². The summed E-state index contributed by atoms with van der Waals surface area (Å²) in [5.74, 6) is 3.98. The molecule has 1 aromatic carbocycles. The van der Waals surface area contributed by atoms with Crippen LogP contribution in [-0.2, 0) is 48.5 Å². The second-order valence-electron chi connectivity index (χ2n) is 28.8. The minimum Gasteiger partial charge on any atom is -0.381 e. The van der Waals surface area contributed by atoms with Gasteiger partial charge in [-0.25, -0.2) is 54.2 Å². The fourth-order valence-electron chi connectivity index (χ4n) is 10.5. The third-order valence-electron chi connectivity index (χ3n) is 16.9. The van der Waals surface area contributed by atoms with Crippen LogP contribution >= 0.6 is 0 Å². The maximum atomic E-state index is 12.5. The molecule has 2 saturated heterocycles. The number of nitrogen functional groups attached to an aromatic ring is 1. The highest BCUT2D eigenvalue weighted by Crippen LogP contribution is 2.14. The van der Waals surface area contributed by atoms with Crippen molar-refractivity contribution in [2.24, 2.45) is 5.73 Å². The number of likely N-dealkylation sites (tertiary alicyclic amines) is 2. The lowest BCUT2D eigenvalue weighted by Gasteiger charge is -2.31. The van der Waals surface area contributed by atoms with Gasteiger partial charge in [0, 0.05) is 165 Å². The number of hydrogen-bond acceptors (Lipinski definition) is 24. The summed E-state index contributed by atoms with van der Waals surface area (Å²) in [4.78, 5) is 58.4. The number of nitrogens with zero attached hydrogens (tertiary/aromatic N) is 19. The Hall–Kier alpha value is -11.0. The van der Waals surface area contributed by atoms with E-state index in [9.17, 15) is 9.60 Å². The maximum Gasteiger partial charge on any atom is 0.248 e. The van der Waals surface area contributed by atoms with Gasteiger partial charge in [-0.2, -0.15) is 0 Å². The molecule has 2 aliphatic heterocycles. The number of halogens is 1. The van der Waals surface area contributed by atoms with Crippen LogP contribution in [0, 0.1) is 92.8 Å². The highest BCUT2D eigenvalue weighted by atomic mass is 19.1. The predicted octanol–water partition coefficient (Wildman–Crippen LogP) is 13.2. The van der Waals surface area contributed by atoms with Crippen LogP contribution in [0.1, 0.15) is 156 Å². The largest absolute Gasteiger partial charge is 0.381 e. The van der Waals surface area contributed by atoms with Crippen molar-refractivity contribution in [1.82, 2.24) is 84.3 Å². The summed E-state index contributed by atoms with van der Waals surface area (Å²) < 4.78 is 25.2. The van der Waals surface area contributed by atoms with Crippen molar-refractivity contribution in [3.8, 4) is 0 Å². The average Bonchev–Trinajstić information content (AvgIpc) is 1.23. The van der Waals surface area contributed by atoms with E-state index in [1.54, 1.807) is 82.1 Å². The van der Waals surface area contributed by atoms with Gasteiger partial charge < -0.3 is 45.9 Å². The zero-order chi connectivity index (χ0) is 88.5. The molecule has 9 aromatic heterocycles. The number of nitrogens with two attached hydrogens (primary N) is 2. The summed E-state index contributed by atoms with van der Waals surface area (Å²) in [6, 6.07) is 28.0. The molecular weight excluding hydrogens is 1490 g/mol. The summed E-state index contributed by atoms with van der Waals surface area (Å²) in [5.41, 5.74) is 26.9. The molecule has 118 heavy (non-hydrogen) atoms. The van der Waals surface area contributed by atoms with Gasteiger partial charge in [-0.3, -0.25) is 36.1 Å². The first-order valence-corrected chi connectivity index (χ1v) is 39.7. The lowest BCUT2D eigenvalue weighted by Crippen LogP contribution is -2.39. The smallest absolute Gasteiger partial charge is 0.248 e. The van der Waals surface area contributed by atoms with E-state index < -0.39 is 0 Å². The quantitative estimate of drug-likeness (QED) is 0.0230. The molecule has 0 bridgehead atoms. The Labute approximate surface area is 703 Å². The predicted molar refractivity (Wildman–Crippen MR) is 472 cm³/mol. The molecule has 10 aromatic rings. The van der Waals surface area contributed by atoms with Gasteiger partial charge in [-0.1, -0.05) is 26.8 Å². The van der Waals surface area contributed by atoms with Crippen LogP contribution in [0.4, 0.5) is 16.3 Å². The number of rotatable bonds is 14. The van der Waals surface area contributed by atoms with Gasteiger partial charge in [0.15, 0.2) is 0 Å². The number of nitrogens with one attached hydrogen (secondary N) is 3. The molecule has 0 radical (unpaired) electrons. The molecule has 28 nitrogen and oxygen atoms in total. The van der Waals surface area contributed by atoms with Crippen LogP contribution in [0.3, 0.4) is 0 Å². The SMILES string of the molecule is CCCNc1nccc(C)n1.CCc1c[n+](O)ccc1C.CCc1cc(F)ccc1C.COC1CCN(C(C)=N)C1.COC1CCN(C(C)=N)CC1.Cc1cc[n+](O)c(CN(C)C)c1.Cc1ccnc(C)n1.Cc1ccnc(CN(C)C)c1.Cc1ccnc(CN(C)C)n1.Cc1ccnc(CN)c1.Cc1ccnc(N)n1.Cc1ccncn1. The molecule has 644 valence electrons. The molecule has 2 aliphatic rings. The minimum atomic E-state index is -0.137. The molecule has 29 heteroatoms. The van der Waals surface area contributed by atoms with Crippen molar-refractivity contribution in [2.45, 2.75) is 188 Å².